The quantitative estimate of drug-likeness (QED) is 0.794. The van der Waals surface area contributed by atoms with Gasteiger partial charge in [0.2, 0.25) is 0 Å². The predicted molar refractivity (Wildman–Crippen MR) is 80.6 cm³/mol. The number of hydrogen-bond donors (Lipinski definition) is 2. The van der Waals surface area contributed by atoms with E-state index in [1.54, 1.807) is 30.3 Å². The maximum absolute atomic E-state index is 11.7. The van der Waals surface area contributed by atoms with Crippen LogP contribution in [0.15, 0.2) is 60.7 Å². The Hall–Kier alpha value is -2.66. The summed E-state index contributed by atoms with van der Waals surface area (Å²) in [6, 6.07) is 17.8. The molecule has 0 unspecified atom stereocenters. The molecule has 0 heterocycles. The Morgan fingerprint density at radius 2 is 1.59 bits per heavy atom. The van der Waals surface area contributed by atoms with Crippen molar-refractivity contribution in [1.82, 2.24) is 5.32 Å². The molecule has 1 atom stereocenters. The highest BCUT2D eigenvalue weighted by Gasteiger charge is 2.19. The lowest BCUT2D eigenvalue weighted by atomic mass is 10.1. The number of ether oxygens (including phenoxy) is 1. The number of nitrogens with one attached hydrogen (secondary N) is 1. The Morgan fingerprint density at radius 1 is 1.00 bits per heavy atom. The zero-order valence-corrected chi connectivity index (χ0v) is 11.9. The van der Waals surface area contributed by atoms with Gasteiger partial charge in [0, 0.05) is 6.54 Å². The summed E-state index contributed by atoms with van der Waals surface area (Å²) in [6.45, 7) is -0.0615. The van der Waals surface area contributed by atoms with Gasteiger partial charge in [-0.1, -0.05) is 60.7 Å². The molecule has 5 heteroatoms. The molecule has 5 nitrogen and oxygen atoms in total. The van der Waals surface area contributed by atoms with Crippen LogP contribution < -0.4 is 5.32 Å². The molecule has 1 amide bonds. The van der Waals surface area contributed by atoms with Crippen LogP contribution in [0.1, 0.15) is 17.2 Å². The van der Waals surface area contributed by atoms with Gasteiger partial charge in [-0.3, -0.25) is 4.79 Å². The van der Waals surface area contributed by atoms with Crippen molar-refractivity contribution >= 4 is 11.9 Å². The van der Waals surface area contributed by atoms with E-state index < -0.39 is 24.6 Å². The Balaban J connectivity index is 1.75. The van der Waals surface area contributed by atoms with E-state index >= 15 is 0 Å². The van der Waals surface area contributed by atoms with Crippen molar-refractivity contribution in [2.75, 3.05) is 6.61 Å². The van der Waals surface area contributed by atoms with Crippen molar-refractivity contribution in [3.05, 3.63) is 71.8 Å². The number of benzene rings is 2. The van der Waals surface area contributed by atoms with Gasteiger partial charge in [0.05, 0.1) is 0 Å². The Morgan fingerprint density at radius 3 is 2.23 bits per heavy atom. The number of amides is 1. The Kier molecular flexibility index (Phi) is 5.68. The third-order valence-corrected chi connectivity index (χ3v) is 3.02. The van der Waals surface area contributed by atoms with E-state index in [1.165, 1.54) is 0 Å². The van der Waals surface area contributed by atoms with Gasteiger partial charge < -0.3 is 15.2 Å². The molecule has 0 spiro atoms. The normalized spacial score (nSPS) is 11.5. The van der Waals surface area contributed by atoms with Crippen LogP contribution in [0.25, 0.3) is 0 Å². The van der Waals surface area contributed by atoms with Crippen molar-refractivity contribution < 1.29 is 19.4 Å². The molecule has 2 aromatic carbocycles. The highest BCUT2D eigenvalue weighted by atomic mass is 16.5. The van der Waals surface area contributed by atoms with Gasteiger partial charge in [-0.2, -0.15) is 0 Å². The van der Waals surface area contributed by atoms with E-state index in [-0.39, 0.29) is 0 Å². The maximum Gasteiger partial charge on any atom is 0.340 e. The third-order valence-electron chi connectivity index (χ3n) is 3.02. The fourth-order valence-electron chi connectivity index (χ4n) is 1.83. The summed E-state index contributed by atoms with van der Waals surface area (Å²) in [5.74, 6) is -1.27. The van der Waals surface area contributed by atoms with E-state index in [9.17, 15) is 14.7 Å². The van der Waals surface area contributed by atoms with Crippen molar-refractivity contribution in [2.45, 2.75) is 12.6 Å². The minimum Gasteiger partial charge on any atom is -0.453 e. The van der Waals surface area contributed by atoms with Crippen LogP contribution in [0.5, 0.6) is 0 Å². The van der Waals surface area contributed by atoms with Gasteiger partial charge in [-0.05, 0) is 11.1 Å². The lowest BCUT2D eigenvalue weighted by Gasteiger charge is -2.11. The van der Waals surface area contributed by atoms with Crippen LogP contribution in [-0.4, -0.2) is 23.6 Å². The second kappa shape index (κ2) is 7.95. The molecule has 0 radical (unpaired) electrons. The second-order valence-corrected chi connectivity index (χ2v) is 4.68. The minimum absolute atomic E-state index is 0.360. The zero-order chi connectivity index (χ0) is 15.8. The zero-order valence-electron chi connectivity index (χ0n) is 11.9. The Labute approximate surface area is 128 Å². The fraction of sp³-hybridized carbons (Fsp3) is 0.176. The van der Waals surface area contributed by atoms with Crippen molar-refractivity contribution in [3.63, 3.8) is 0 Å². The van der Waals surface area contributed by atoms with Crippen LogP contribution in [0.3, 0.4) is 0 Å². The maximum atomic E-state index is 11.7. The lowest BCUT2D eigenvalue weighted by Crippen LogP contribution is -2.29. The number of aliphatic hydroxyl groups excluding tert-OH is 1. The number of hydrogen-bond acceptors (Lipinski definition) is 4. The molecule has 22 heavy (non-hydrogen) atoms. The molecular formula is C17H17NO4. The predicted octanol–water partition coefficient (Wildman–Crippen LogP) is 1.58. The number of esters is 1. The SMILES string of the molecule is O=C(COC(=O)[C@@H](O)c1ccccc1)NCc1ccccc1. The molecule has 0 fully saturated rings. The average molecular weight is 299 g/mol. The molecule has 2 rings (SSSR count). The molecule has 0 aliphatic heterocycles. The first kappa shape index (κ1) is 15.7. The monoisotopic (exact) mass is 299 g/mol. The first-order valence-electron chi connectivity index (χ1n) is 6.87. The average Bonchev–Trinajstić information content (AvgIpc) is 2.58. The van der Waals surface area contributed by atoms with E-state index in [4.69, 9.17) is 4.74 Å². The van der Waals surface area contributed by atoms with Crippen molar-refractivity contribution in [3.8, 4) is 0 Å². The lowest BCUT2D eigenvalue weighted by molar-refractivity contribution is -0.157. The van der Waals surface area contributed by atoms with Gasteiger partial charge >= 0.3 is 5.97 Å². The number of carbonyl (C=O) groups excluding carboxylic acids is 2. The van der Waals surface area contributed by atoms with E-state index in [0.717, 1.165) is 5.56 Å². The van der Waals surface area contributed by atoms with Crippen molar-refractivity contribution in [1.29, 1.82) is 0 Å². The molecule has 114 valence electrons. The molecule has 0 saturated heterocycles. The van der Waals surface area contributed by atoms with Gasteiger partial charge in [-0.15, -0.1) is 0 Å². The highest BCUT2D eigenvalue weighted by molar-refractivity contribution is 5.82. The van der Waals surface area contributed by atoms with Crippen LogP contribution >= 0.6 is 0 Å². The molecule has 2 N–H and O–H groups in total. The molecular weight excluding hydrogens is 282 g/mol. The number of carbonyl (C=O) groups is 2. The van der Waals surface area contributed by atoms with Crippen LogP contribution in [-0.2, 0) is 20.9 Å². The summed E-state index contributed by atoms with van der Waals surface area (Å²) in [4.78, 5) is 23.3. The fourth-order valence-corrected chi connectivity index (χ4v) is 1.83. The Bertz CT molecular complexity index is 613. The molecule has 0 aliphatic carbocycles. The number of rotatable bonds is 6. The molecule has 0 aliphatic rings. The van der Waals surface area contributed by atoms with Gasteiger partial charge in [0.1, 0.15) is 0 Å². The van der Waals surface area contributed by atoms with Crippen LogP contribution in [0, 0.1) is 0 Å². The van der Waals surface area contributed by atoms with Gasteiger partial charge in [0.15, 0.2) is 12.7 Å². The summed E-state index contributed by atoms with van der Waals surface area (Å²) in [5, 5.41) is 12.4. The van der Waals surface area contributed by atoms with E-state index in [0.29, 0.717) is 12.1 Å². The molecule has 0 saturated carbocycles. The first-order valence-corrected chi connectivity index (χ1v) is 6.87. The largest absolute Gasteiger partial charge is 0.453 e. The topological polar surface area (TPSA) is 75.6 Å². The summed E-state index contributed by atoms with van der Waals surface area (Å²) in [7, 11) is 0. The summed E-state index contributed by atoms with van der Waals surface area (Å²) in [6.07, 6.45) is -1.39. The smallest absolute Gasteiger partial charge is 0.340 e. The summed E-state index contributed by atoms with van der Waals surface area (Å²) in [5.41, 5.74) is 1.38. The summed E-state index contributed by atoms with van der Waals surface area (Å²) >= 11 is 0. The van der Waals surface area contributed by atoms with Crippen LogP contribution in [0.4, 0.5) is 0 Å². The minimum atomic E-state index is -1.39. The summed E-state index contributed by atoms with van der Waals surface area (Å²) < 4.78 is 4.81. The standard InChI is InChI=1S/C17H17NO4/c19-15(18-11-13-7-3-1-4-8-13)12-22-17(21)16(20)14-9-5-2-6-10-14/h1-10,16,20H,11-12H2,(H,18,19)/t16-/m0/s1. The molecule has 2 aromatic rings. The van der Waals surface area contributed by atoms with E-state index in [2.05, 4.69) is 5.32 Å². The van der Waals surface area contributed by atoms with Crippen molar-refractivity contribution in [2.24, 2.45) is 0 Å². The van der Waals surface area contributed by atoms with Crippen LogP contribution in [0.2, 0.25) is 0 Å². The van der Waals surface area contributed by atoms with Gasteiger partial charge in [0.25, 0.3) is 5.91 Å². The van der Waals surface area contributed by atoms with E-state index in [1.807, 2.05) is 30.3 Å². The third kappa shape index (κ3) is 4.71. The molecule has 0 bridgehead atoms. The second-order valence-electron chi connectivity index (χ2n) is 4.68. The first-order chi connectivity index (χ1) is 10.7. The van der Waals surface area contributed by atoms with Gasteiger partial charge in [-0.25, -0.2) is 4.79 Å². The highest BCUT2D eigenvalue weighted by Crippen LogP contribution is 2.13. The molecule has 0 aromatic heterocycles. The number of aliphatic hydroxyl groups is 1.